The van der Waals surface area contributed by atoms with Gasteiger partial charge in [0.1, 0.15) is 0 Å². The van der Waals surface area contributed by atoms with Gasteiger partial charge in [-0.1, -0.05) is 29.3 Å². The van der Waals surface area contributed by atoms with E-state index in [1.807, 2.05) is 0 Å². The molecule has 0 aliphatic rings. The summed E-state index contributed by atoms with van der Waals surface area (Å²) >= 11 is 11.8. The summed E-state index contributed by atoms with van der Waals surface area (Å²) < 4.78 is 31.9. The fraction of sp³-hybridized carbons (Fsp3) is 0. The van der Waals surface area contributed by atoms with Gasteiger partial charge in [-0.2, -0.15) is 0 Å². The number of fused-ring (bicyclic) bond motifs is 1. The normalized spacial score (nSPS) is 11.7. The van der Waals surface area contributed by atoms with Crippen LogP contribution in [0.4, 0.5) is 5.69 Å². The largest absolute Gasteiger partial charge is 0.417 e. The highest BCUT2D eigenvalue weighted by Gasteiger charge is 2.18. The van der Waals surface area contributed by atoms with Crippen molar-refractivity contribution in [3.63, 3.8) is 0 Å². The number of sulfonamides is 1. The highest BCUT2D eigenvalue weighted by atomic mass is 35.5. The Kier molecular flexibility index (Phi) is 3.64. The molecule has 0 saturated heterocycles. The van der Waals surface area contributed by atoms with E-state index in [1.165, 1.54) is 24.3 Å². The van der Waals surface area contributed by atoms with E-state index in [9.17, 15) is 13.2 Å². The fourth-order valence-electron chi connectivity index (χ4n) is 1.88. The Balaban J connectivity index is 2.04. The lowest BCUT2D eigenvalue weighted by Gasteiger charge is -2.10. The molecular weight excluding hydrogens is 351 g/mol. The second-order valence-electron chi connectivity index (χ2n) is 4.38. The van der Waals surface area contributed by atoms with Gasteiger partial charge >= 0.3 is 5.76 Å². The molecule has 0 unspecified atom stereocenters. The lowest BCUT2D eigenvalue weighted by molar-refractivity contribution is 0.554. The number of halogens is 2. The Bertz CT molecular complexity index is 1020. The smallest absolute Gasteiger partial charge is 0.408 e. The number of aromatic nitrogens is 1. The van der Waals surface area contributed by atoms with Crippen LogP contribution in [0, 0.1) is 0 Å². The van der Waals surface area contributed by atoms with Crippen LogP contribution in [0.2, 0.25) is 10.0 Å². The van der Waals surface area contributed by atoms with Crippen LogP contribution >= 0.6 is 23.2 Å². The lowest BCUT2D eigenvalue weighted by Crippen LogP contribution is -2.13. The van der Waals surface area contributed by atoms with E-state index >= 15 is 0 Å². The maximum Gasteiger partial charge on any atom is 0.417 e. The molecule has 0 atom stereocenters. The summed E-state index contributed by atoms with van der Waals surface area (Å²) in [6.07, 6.45) is 0. The van der Waals surface area contributed by atoms with Crippen LogP contribution < -0.4 is 10.5 Å². The lowest BCUT2D eigenvalue weighted by atomic mass is 10.3. The van der Waals surface area contributed by atoms with Gasteiger partial charge < -0.3 is 4.42 Å². The van der Waals surface area contributed by atoms with Gasteiger partial charge in [-0.05, 0) is 24.3 Å². The van der Waals surface area contributed by atoms with E-state index in [2.05, 4.69) is 9.71 Å². The van der Waals surface area contributed by atoms with E-state index in [0.717, 1.165) is 0 Å². The first-order chi connectivity index (χ1) is 10.4. The molecule has 0 amide bonds. The van der Waals surface area contributed by atoms with Gasteiger partial charge in [0.2, 0.25) is 0 Å². The van der Waals surface area contributed by atoms with Gasteiger partial charge in [0.25, 0.3) is 10.0 Å². The molecule has 0 saturated carbocycles. The van der Waals surface area contributed by atoms with Crippen LogP contribution in [-0.2, 0) is 10.0 Å². The standard InChI is InChI=1S/C13H8Cl2N2O4S/c14-8-2-1-3-10(12(8)15)17-22(19,20)7-4-5-9-11(6-7)21-13(18)16-9/h1-6,17H,(H,16,18). The molecule has 6 nitrogen and oxygen atoms in total. The Morgan fingerprint density at radius 3 is 2.68 bits per heavy atom. The summed E-state index contributed by atoms with van der Waals surface area (Å²) in [5, 5.41) is 0.330. The predicted octanol–water partition coefficient (Wildman–Crippen LogP) is 3.23. The maximum absolute atomic E-state index is 12.4. The van der Waals surface area contributed by atoms with E-state index in [0.29, 0.717) is 5.52 Å². The molecule has 3 rings (SSSR count). The highest BCUT2D eigenvalue weighted by molar-refractivity contribution is 7.92. The second kappa shape index (κ2) is 5.35. The van der Waals surface area contributed by atoms with Gasteiger partial charge in [0, 0.05) is 6.07 Å². The molecule has 0 aliphatic carbocycles. The summed E-state index contributed by atoms with van der Waals surface area (Å²) in [7, 11) is -3.90. The van der Waals surface area contributed by atoms with Crippen molar-refractivity contribution in [2.45, 2.75) is 4.90 Å². The van der Waals surface area contributed by atoms with Gasteiger partial charge in [-0.15, -0.1) is 0 Å². The van der Waals surface area contributed by atoms with Gasteiger partial charge in [-0.3, -0.25) is 9.71 Å². The monoisotopic (exact) mass is 358 g/mol. The average Bonchev–Trinajstić information content (AvgIpc) is 2.82. The van der Waals surface area contributed by atoms with Gasteiger partial charge in [-0.25, -0.2) is 13.2 Å². The Labute approximate surface area is 134 Å². The molecule has 22 heavy (non-hydrogen) atoms. The first-order valence-corrected chi connectivity index (χ1v) is 8.20. The van der Waals surface area contributed by atoms with Crippen LogP contribution in [0.3, 0.4) is 0 Å². The predicted molar refractivity (Wildman–Crippen MR) is 84.1 cm³/mol. The average molecular weight is 359 g/mol. The van der Waals surface area contributed by atoms with E-state index in [1.54, 1.807) is 12.1 Å². The number of rotatable bonds is 3. The molecule has 9 heteroatoms. The van der Waals surface area contributed by atoms with E-state index in [4.69, 9.17) is 27.6 Å². The quantitative estimate of drug-likeness (QED) is 0.751. The van der Waals surface area contributed by atoms with E-state index < -0.39 is 15.8 Å². The minimum Gasteiger partial charge on any atom is -0.408 e. The van der Waals surface area contributed by atoms with Crippen molar-refractivity contribution in [2.24, 2.45) is 0 Å². The number of hydrogen-bond donors (Lipinski definition) is 2. The molecule has 0 radical (unpaired) electrons. The second-order valence-corrected chi connectivity index (χ2v) is 6.85. The van der Waals surface area contributed by atoms with Crippen molar-refractivity contribution in [1.82, 2.24) is 4.98 Å². The van der Waals surface area contributed by atoms with Crippen LogP contribution in [0.1, 0.15) is 0 Å². The summed E-state index contributed by atoms with van der Waals surface area (Å²) in [6, 6.07) is 8.63. The molecule has 2 N–H and O–H groups in total. The first-order valence-electron chi connectivity index (χ1n) is 5.96. The zero-order valence-electron chi connectivity index (χ0n) is 10.8. The molecule has 3 aromatic rings. The molecule has 2 aromatic carbocycles. The topological polar surface area (TPSA) is 92.2 Å². The minimum atomic E-state index is -3.90. The Morgan fingerprint density at radius 2 is 1.91 bits per heavy atom. The molecule has 0 aliphatic heterocycles. The van der Waals surface area contributed by atoms with Crippen molar-refractivity contribution in [3.05, 3.63) is 57.0 Å². The molecule has 1 aromatic heterocycles. The third-order valence-corrected chi connectivity index (χ3v) is 5.08. The highest BCUT2D eigenvalue weighted by Crippen LogP contribution is 2.31. The Morgan fingerprint density at radius 1 is 1.14 bits per heavy atom. The van der Waals surface area contributed by atoms with Crippen molar-refractivity contribution >= 4 is 50.0 Å². The first kappa shape index (κ1) is 15.0. The van der Waals surface area contributed by atoms with Crippen molar-refractivity contribution in [2.75, 3.05) is 4.72 Å². The number of hydrogen-bond acceptors (Lipinski definition) is 4. The Hall–Kier alpha value is -1.96. The molecule has 114 valence electrons. The SMILES string of the molecule is O=c1[nH]c2ccc(S(=O)(=O)Nc3cccc(Cl)c3Cl)cc2o1. The van der Waals surface area contributed by atoms with E-state index in [-0.39, 0.29) is 26.2 Å². The fourth-order valence-corrected chi connectivity index (χ4v) is 3.37. The number of oxazole rings is 1. The van der Waals surface area contributed by atoms with Crippen molar-refractivity contribution in [3.8, 4) is 0 Å². The molecule has 0 bridgehead atoms. The minimum absolute atomic E-state index is 0.0706. The molecule has 0 spiro atoms. The summed E-state index contributed by atoms with van der Waals surface area (Å²) in [6.45, 7) is 0. The third-order valence-electron chi connectivity index (χ3n) is 2.90. The van der Waals surface area contributed by atoms with Crippen LogP contribution in [0.5, 0.6) is 0 Å². The van der Waals surface area contributed by atoms with Crippen LogP contribution in [0.25, 0.3) is 11.1 Å². The number of H-pyrrole nitrogens is 1. The number of nitrogens with one attached hydrogen (secondary N) is 2. The molecule has 0 fully saturated rings. The third kappa shape index (κ3) is 2.70. The molecular formula is C13H8Cl2N2O4S. The zero-order valence-corrected chi connectivity index (χ0v) is 13.1. The molecule has 1 heterocycles. The summed E-state index contributed by atoms with van der Waals surface area (Å²) in [5.41, 5.74) is 0.708. The maximum atomic E-state index is 12.4. The number of anilines is 1. The number of benzene rings is 2. The van der Waals surface area contributed by atoms with Crippen LogP contribution in [0.15, 0.2) is 50.5 Å². The van der Waals surface area contributed by atoms with Crippen molar-refractivity contribution < 1.29 is 12.8 Å². The van der Waals surface area contributed by atoms with Crippen LogP contribution in [-0.4, -0.2) is 13.4 Å². The number of aromatic amines is 1. The summed E-state index contributed by atoms with van der Waals surface area (Å²) in [5.74, 6) is -0.657. The van der Waals surface area contributed by atoms with Crippen molar-refractivity contribution in [1.29, 1.82) is 0 Å². The summed E-state index contributed by atoms with van der Waals surface area (Å²) in [4.78, 5) is 13.5. The van der Waals surface area contributed by atoms with Gasteiger partial charge in [0.05, 0.1) is 26.1 Å². The zero-order chi connectivity index (χ0) is 15.9. The van der Waals surface area contributed by atoms with Gasteiger partial charge in [0.15, 0.2) is 5.58 Å².